The lowest BCUT2D eigenvalue weighted by molar-refractivity contribution is -0.385. The van der Waals surface area contributed by atoms with Gasteiger partial charge in [0.25, 0.3) is 0 Å². The number of morpholine rings is 1. The van der Waals surface area contributed by atoms with Crippen LogP contribution in [0.5, 0.6) is 5.75 Å². The number of hydrogen-bond acceptors (Lipinski definition) is 6. The molecule has 7 heteroatoms. The maximum absolute atomic E-state index is 11.4. The van der Waals surface area contributed by atoms with Crippen LogP contribution in [0.3, 0.4) is 0 Å². The van der Waals surface area contributed by atoms with Crippen LogP contribution in [-0.4, -0.2) is 31.7 Å². The number of nitro benzene ring substituents is 1. The lowest BCUT2D eigenvalue weighted by atomic mass is 10.1. The highest BCUT2D eigenvalue weighted by atomic mass is 32.1. The van der Waals surface area contributed by atoms with Gasteiger partial charge in [0.15, 0.2) is 5.75 Å². The number of ether oxygens (including phenoxy) is 2. The number of nitrogens with zero attached hydrogens (tertiary/aromatic N) is 2. The molecule has 22 heavy (non-hydrogen) atoms. The van der Waals surface area contributed by atoms with E-state index in [1.807, 2.05) is 21.7 Å². The van der Waals surface area contributed by atoms with Gasteiger partial charge in [-0.15, -0.1) is 0 Å². The predicted octanol–water partition coefficient (Wildman–Crippen LogP) is 3.24. The molecule has 1 fully saturated rings. The fourth-order valence-electron chi connectivity index (χ4n) is 2.64. The number of methoxy groups -OCH3 is 1. The van der Waals surface area contributed by atoms with Crippen molar-refractivity contribution < 1.29 is 14.4 Å². The van der Waals surface area contributed by atoms with E-state index in [0.717, 1.165) is 5.56 Å². The first-order valence-corrected chi connectivity index (χ1v) is 7.85. The highest BCUT2D eigenvalue weighted by molar-refractivity contribution is 7.07. The summed E-state index contributed by atoms with van der Waals surface area (Å²) in [5, 5.41) is 15.5. The molecule has 0 spiro atoms. The van der Waals surface area contributed by atoms with Crippen molar-refractivity contribution in [3.8, 4) is 5.75 Å². The Hall–Kier alpha value is -2.12. The van der Waals surface area contributed by atoms with Crippen molar-refractivity contribution in [3.63, 3.8) is 0 Å². The van der Waals surface area contributed by atoms with E-state index in [9.17, 15) is 10.1 Å². The maximum atomic E-state index is 11.4. The van der Waals surface area contributed by atoms with Gasteiger partial charge in [-0.25, -0.2) is 0 Å². The molecule has 2 heterocycles. The summed E-state index contributed by atoms with van der Waals surface area (Å²) < 4.78 is 10.9. The van der Waals surface area contributed by atoms with Gasteiger partial charge in [0.2, 0.25) is 0 Å². The van der Waals surface area contributed by atoms with E-state index in [-0.39, 0.29) is 22.5 Å². The molecule has 0 bridgehead atoms. The van der Waals surface area contributed by atoms with Gasteiger partial charge in [-0.3, -0.25) is 10.1 Å². The van der Waals surface area contributed by atoms with Crippen molar-refractivity contribution in [1.82, 2.24) is 0 Å². The molecule has 0 aliphatic carbocycles. The zero-order valence-electron chi connectivity index (χ0n) is 12.1. The van der Waals surface area contributed by atoms with Crippen LogP contribution in [0, 0.1) is 10.1 Å². The Balaban J connectivity index is 1.92. The average molecular weight is 320 g/mol. The summed E-state index contributed by atoms with van der Waals surface area (Å²) in [5.41, 5.74) is 1.70. The van der Waals surface area contributed by atoms with Crippen LogP contribution >= 0.6 is 11.3 Å². The Bertz CT molecular complexity index is 660. The monoisotopic (exact) mass is 320 g/mol. The molecule has 1 atom stereocenters. The fourth-order valence-corrected chi connectivity index (χ4v) is 3.34. The molecular weight excluding hydrogens is 304 g/mol. The van der Waals surface area contributed by atoms with Crippen LogP contribution in [-0.2, 0) is 4.74 Å². The van der Waals surface area contributed by atoms with E-state index in [2.05, 4.69) is 0 Å². The number of rotatable bonds is 4. The number of nitro groups is 1. The van der Waals surface area contributed by atoms with Gasteiger partial charge in [-0.1, -0.05) is 6.07 Å². The molecule has 6 nitrogen and oxygen atoms in total. The van der Waals surface area contributed by atoms with Crippen LogP contribution < -0.4 is 9.64 Å². The molecule has 3 rings (SSSR count). The molecular formula is C15H16N2O4S. The van der Waals surface area contributed by atoms with Gasteiger partial charge < -0.3 is 14.4 Å². The van der Waals surface area contributed by atoms with Crippen LogP contribution in [0.15, 0.2) is 35.0 Å². The van der Waals surface area contributed by atoms with Crippen molar-refractivity contribution in [3.05, 3.63) is 50.7 Å². The van der Waals surface area contributed by atoms with Gasteiger partial charge in [0.05, 0.1) is 18.6 Å². The molecule has 0 saturated carbocycles. The minimum absolute atomic E-state index is 0.0102. The summed E-state index contributed by atoms with van der Waals surface area (Å²) in [6.07, 6.45) is -0.0641. The van der Waals surface area contributed by atoms with Gasteiger partial charge in [0, 0.05) is 13.1 Å². The highest BCUT2D eigenvalue weighted by Crippen LogP contribution is 2.38. The first kappa shape index (κ1) is 14.8. The molecule has 0 amide bonds. The summed E-state index contributed by atoms with van der Waals surface area (Å²) >= 11 is 1.62. The van der Waals surface area contributed by atoms with Crippen molar-refractivity contribution >= 4 is 22.7 Å². The summed E-state index contributed by atoms with van der Waals surface area (Å²) in [7, 11) is 1.44. The van der Waals surface area contributed by atoms with E-state index in [4.69, 9.17) is 9.47 Å². The molecule has 116 valence electrons. The summed E-state index contributed by atoms with van der Waals surface area (Å²) in [4.78, 5) is 13.0. The normalized spacial score (nSPS) is 18.2. The minimum atomic E-state index is -0.386. The van der Waals surface area contributed by atoms with Crippen LogP contribution in [0.4, 0.5) is 11.4 Å². The third-order valence-corrected chi connectivity index (χ3v) is 4.40. The van der Waals surface area contributed by atoms with Gasteiger partial charge in [-0.2, -0.15) is 11.3 Å². The van der Waals surface area contributed by atoms with Crippen LogP contribution in [0.1, 0.15) is 11.7 Å². The SMILES string of the molecule is COc1cccc(N2CCO[C@@H](c3ccsc3)C2)c1[N+](=O)[O-]. The van der Waals surface area contributed by atoms with Crippen molar-refractivity contribution in [2.45, 2.75) is 6.10 Å². The second-order valence-electron chi connectivity index (χ2n) is 4.95. The number of benzene rings is 1. The molecule has 1 aromatic carbocycles. The summed E-state index contributed by atoms with van der Waals surface area (Å²) in [6, 6.07) is 7.17. The fraction of sp³-hybridized carbons (Fsp3) is 0.333. The van der Waals surface area contributed by atoms with Crippen LogP contribution in [0.2, 0.25) is 0 Å². The summed E-state index contributed by atoms with van der Waals surface area (Å²) in [5.74, 6) is 0.279. The van der Waals surface area contributed by atoms with Crippen molar-refractivity contribution in [2.24, 2.45) is 0 Å². The molecule has 1 aromatic heterocycles. The smallest absolute Gasteiger partial charge is 0.333 e. The second-order valence-corrected chi connectivity index (χ2v) is 5.73. The third kappa shape index (κ3) is 2.77. The Morgan fingerprint density at radius 3 is 3.00 bits per heavy atom. The Morgan fingerprint density at radius 2 is 2.32 bits per heavy atom. The number of hydrogen-bond donors (Lipinski definition) is 0. The molecule has 0 unspecified atom stereocenters. The molecule has 0 N–H and O–H groups in total. The highest BCUT2D eigenvalue weighted by Gasteiger charge is 2.29. The number of anilines is 1. The Morgan fingerprint density at radius 1 is 1.45 bits per heavy atom. The first-order valence-electron chi connectivity index (χ1n) is 6.90. The summed E-state index contributed by atoms with van der Waals surface area (Å²) in [6.45, 7) is 1.74. The zero-order valence-corrected chi connectivity index (χ0v) is 12.9. The Kier molecular flexibility index (Phi) is 4.26. The molecule has 0 radical (unpaired) electrons. The minimum Gasteiger partial charge on any atom is -0.490 e. The van der Waals surface area contributed by atoms with E-state index in [1.165, 1.54) is 7.11 Å². The first-order chi connectivity index (χ1) is 10.7. The largest absolute Gasteiger partial charge is 0.490 e. The third-order valence-electron chi connectivity index (χ3n) is 3.70. The maximum Gasteiger partial charge on any atom is 0.333 e. The molecule has 1 aliphatic heterocycles. The van der Waals surface area contributed by atoms with Gasteiger partial charge in [0.1, 0.15) is 11.8 Å². The standard InChI is InChI=1S/C15H16N2O4S/c1-20-13-4-2-3-12(15(13)17(18)19)16-6-7-21-14(9-16)11-5-8-22-10-11/h2-5,8,10,14H,6-7,9H2,1H3/t14-/m1/s1. The molecule has 2 aromatic rings. The van der Waals surface area contributed by atoms with E-state index in [0.29, 0.717) is 25.4 Å². The topological polar surface area (TPSA) is 64.8 Å². The average Bonchev–Trinajstić information content (AvgIpc) is 3.08. The quantitative estimate of drug-likeness (QED) is 0.639. The lowest BCUT2D eigenvalue weighted by Crippen LogP contribution is -2.38. The van der Waals surface area contributed by atoms with Gasteiger partial charge in [-0.05, 0) is 34.5 Å². The lowest BCUT2D eigenvalue weighted by Gasteiger charge is -2.34. The molecule has 1 aliphatic rings. The zero-order chi connectivity index (χ0) is 15.5. The number of thiophene rings is 1. The van der Waals surface area contributed by atoms with E-state index < -0.39 is 0 Å². The molecule has 1 saturated heterocycles. The second kappa shape index (κ2) is 6.33. The van der Waals surface area contributed by atoms with Crippen molar-refractivity contribution in [1.29, 1.82) is 0 Å². The van der Waals surface area contributed by atoms with E-state index >= 15 is 0 Å². The number of para-hydroxylation sites is 1. The Labute approximate surface area is 132 Å². The predicted molar refractivity (Wildman–Crippen MR) is 84.9 cm³/mol. The van der Waals surface area contributed by atoms with Gasteiger partial charge >= 0.3 is 5.69 Å². The van der Waals surface area contributed by atoms with E-state index in [1.54, 1.807) is 29.5 Å². The van der Waals surface area contributed by atoms with Crippen LogP contribution in [0.25, 0.3) is 0 Å². The van der Waals surface area contributed by atoms with Crippen molar-refractivity contribution in [2.75, 3.05) is 31.7 Å².